The van der Waals surface area contributed by atoms with Crippen LogP contribution in [0.15, 0.2) is 51.9 Å². The number of fused-ring (bicyclic) bond motifs is 1. The maximum atomic E-state index is 2.52. The summed E-state index contributed by atoms with van der Waals surface area (Å²) in [5.41, 5.74) is 3.32. The van der Waals surface area contributed by atoms with E-state index in [9.17, 15) is 0 Å². The molecule has 0 radical (unpaired) electrons. The Morgan fingerprint density at radius 1 is 1.27 bits per heavy atom. The zero-order valence-corrected chi connectivity index (χ0v) is 15.0. The average molecular weight is 314 g/mol. The van der Waals surface area contributed by atoms with E-state index in [0.717, 1.165) is 12.5 Å². The molecular formula is C20H27NS. The minimum absolute atomic E-state index is 0.426. The summed E-state index contributed by atoms with van der Waals surface area (Å²) in [5, 5.41) is 1.39. The number of benzene rings is 1. The molecule has 0 spiro atoms. The Hall–Kier alpha value is -1.15. The van der Waals surface area contributed by atoms with Gasteiger partial charge in [-0.25, -0.2) is 0 Å². The standard InChI is InChI=1S/C20H27NS/c1-5-15-11-16(14-20(3,4)13-15)12-19-21(6-2)17-9-7-8-10-18(17)22-19/h7-12,15H,5-6,13-14H2,1-4H3/b19-12-. The Kier molecular flexibility index (Phi) is 4.40. The molecule has 1 unspecified atom stereocenters. The number of hydrogen-bond acceptors (Lipinski definition) is 2. The zero-order valence-electron chi connectivity index (χ0n) is 14.2. The fourth-order valence-corrected chi connectivity index (χ4v) is 4.96. The predicted octanol–water partition coefficient (Wildman–Crippen LogP) is 6.23. The van der Waals surface area contributed by atoms with Gasteiger partial charge in [-0.05, 0) is 61.3 Å². The number of rotatable bonds is 3. The van der Waals surface area contributed by atoms with Crippen molar-refractivity contribution in [2.24, 2.45) is 11.3 Å². The lowest BCUT2D eigenvalue weighted by Crippen LogP contribution is -2.22. The largest absolute Gasteiger partial charge is 0.335 e. The van der Waals surface area contributed by atoms with Gasteiger partial charge in [-0.2, -0.15) is 0 Å². The van der Waals surface area contributed by atoms with Crippen LogP contribution in [0, 0.1) is 11.3 Å². The molecule has 3 rings (SSSR count). The zero-order chi connectivity index (χ0) is 15.7. The van der Waals surface area contributed by atoms with Crippen molar-refractivity contribution in [1.29, 1.82) is 0 Å². The third-order valence-corrected chi connectivity index (χ3v) is 5.85. The summed E-state index contributed by atoms with van der Waals surface area (Å²) < 4.78 is 0. The minimum Gasteiger partial charge on any atom is -0.335 e. The molecule has 1 aromatic rings. The Bertz CT molecular complexity index is 612. The highest BCUT2D eigenvalue weighted by molar-refractivity contribution is 8.03. The van der Waals surface area contributed by atoms with Crippen LogP contribution in [0.25, 0.3) is 0 Å². The Labute approximate surface area is 139 Å². The molecule has 1 heterocycles. The molecule has 1 aromatic carbocycles. The van der Waals surface area contributed by atoms with Gasteiger partial charge in [0.25, 0.3) is 0 Å². The van der Waals surface area contributed by atoms with Gasteiger partial charge in [0, 0.05) is 11.4 Å². The monoisotopic (exact) mass is 313 g/mol. The summed E-state index contributed by atoms with van der Waals surface area (Å²) in [6, 6.07) is 8.75. The molecule has 2 aliphatic rings. The van der Waals surface area contributed by atoms with Crippen molar-refractivity contribution >= 4 is 17.4 Å². The van der Waals surface area contributed by atoms with E-state index in [4.69, 9.17) is 0 Å². The third-order valence-electron chi connectivity index (χ3n) is 4.73. The van der Waals surface area contributed by atoms with E-state index in [1.807, 2.05) is 11.8 Å². The molecular weight excluding hydrogens is 286 g/mol. The van der Waals surface area contributed by atoms with E-state index >= 15 is 0 Å². The predicted molar refractivity (Wildman–Crippen MR) is 98.3 cm³/mol. The van der Waals surface area contributed by atoms with E-state index in [0.29, 0.717) is 5.41 Å². The van der Waals surface area contributed by atoms with Crippen LogP contribution < -0.4 is 4.90 Å². The number of hydrogen-bond donors (Lipinski definition) is 0. The molecule has 1 aliphatic heterocycles. The molecule has 0 saturated heterocycles. The maximum Gasteiger partial charge on any atom is 0.0804 e. The third kappa shape index (κ3) is 3.12. The first-order valence-electron chi connectivity index (χ1n) is 8.49. The lowest BCUT2D eigenvalue weighted by Gasteiger charge is -2.34. The van der Waals surface area contributed by atoms with Crippen molar-refractivity contribution < 1.29 is 0 Å². The summed E-state index contributed by atoms with van der Waals surface area (Å²) in [4.78, 5) is 3.84. The number of nitrogens with zero attached hydrogens (tertiary/aromatic N) is 1. The van der Waals surface area contributed by atoms with Crippen LogP contribution in [0.3, 0.4) is 0 Å². The first-order chi connectivity index (χ1) is 10.5. The van der Waals surface area contributed by atoms with E-state index < -0.39 is 0 Å². The van der Waals surface area contributed by atoms with Crippen LogP contribution in [0.2, 0.25) is 0 Å². The highest BCUT2D eigenvalue weighted by Gasteiger charge is 2.29. The Morgan fingerprint density at radius 3 is 2.77 bits per heavy atom. The van der Waals surface area contributed by atoms with Crippen molar-refractivity contribution in [3.8, 4) is 0 Å². The summed E-state index contributed by atoms with van der Waals surface area (Å²) in [6.45, 7) is 10.4. The SMILES string of the molecule is CCC1C=C(/C=C2\Sc3ccccc3N2CC)CC(C)(C)C1. The smallest absolute Gasteiger partial charge is 0.0804 e. The number of thioether (sulfide) groups is 1. The number of anilines is 1. The maximum absolute atomic E-state index is 2.52. The summed E-state index contributed by atoms with van der Waals surface area (Å²) in [6.07, 6.45) is 8.73. The average Bonchev–Trinajstić information content (AvgIpc) is 2.82. The molecule has 0 fully saturated rings. The first-order valence-corrected chi connectivity index (χ1v) is 9.31. The second-order valence-corrected chi connectivity index (χ2v) is 8.31. The van der Waals surface area contributed by atoms with Crippen molar-refractivity contribution in [1.82, 2.24) is 0 Å². The van der Waals surface area contributed by atoms with E-state index in [2.05, 4.69) is 69.0 Å². The van der Waals surface area contributed by atoms with Crippen molar-refractivity contribution in [3.63, 3.8) is 0 Å². The first kappa shape index (κ1) is 15.7. The van der Waals surface area contributed by atoms with Gasteiger partial charge in [0.1, 0.15) is 0 Å². The van der Waals surface area contributed by atoms with Gasteiger partial charge in [-0.3, -0.25) is 0 Å². The fourth-order valence-electron chi connectivity index (χ4n) is 3.76. The molecule has 0 N–H and O–H groups in total. The molecule has 0 bridgehead atoms. The van der Waals surface area contributed by atoms with Gasteiger partial charge in [0.15, 0.2) is 0 Å². The second kappa shape index (κ2) is 6.16. The van der Waals surface area contributed by atoms with Crippen LogP contribution >= 0.6 is 11.8 Å². The minimum atomic E-state index is 0.426. The summed E-state index contributed by atoms with van der Waals surface area (Å²) >= 11 is 1.92. The Morgan fingerprint density at radius 2 is 2.05 bits per heavy atom. The van der Waals surface area contributed by atoms with Crippen LogP contribution in [0.4, 0.5) is 5.69 Å². The van der Waals surface area contributed by atoms with Crippen LogP contribution in [0.5, 0.6) is 0 Å². The molecule has 118 valence electrons. The van der Waals surface area contributed by atoms with Crippen LogP contribution in [-0.4, -0.2) is 6.54 Å². The van der Waals surface area contributed by atoms with Gasteiger partial charge in [0.05, 0.1) is 10.7 Å². The summed E-state index contributed by atoms with van der Waals surface area (Å²) in [5.74, 6) is 0.736. The summed E-state index contributed by atoms with van der Waals surface area (Å²) in [7, 11) is 0. The number of allylic oxidation sites excluding steroid dienone is 3. The molecule has 22 heavy (non-hydrogen) atoms. The van der Waals surface area contributed by atoms with E-state index in [-0.39, 0.29) is 0 Å². The number of para-hydroxylation sites is 1. The van der Waals surface area contributed by atoms with Gasteiger partial charge < -0.3 is 4.90 Å². The molecule has 2 heteroatoms. The van der Waals surface area contributed by atoms with Crippen molar-refractivity contribution in [2.45, 2.75) is 51.9 Å². The van der Waals surface area contributed by atoms with Gasteiger partial charge in [-0.1, -0.05) is 50.7 Å². The lowest BCUT2D eigenvalue weighted by molar-refractivity contribution is 0.269. The molecule has 1 atom stereocenters. The van der Waals surface area contributed by atoms with Crippen LogP contribution in [0.1, 0.15) is 47.0 Å². The fraction of sp³-hybridized carbons (Fsp3) is 0.500. The Balaban J connectivity index is 1.91. The van der Waals surface area contributed by atoms with Gasteiger partial charge >= 0.3 is 0 Å². The quantitative estimate of drug-likeness (QED) is 0.650. The second-order valence-electron chi connectivity index (χ2n) is 7.25. The van der Waals surface area contributed by atoms with E-state index in [1.165, 1.54) is 40.4 Å². The lowest BCUT2D eigenvalue weighted by atomic mass is 9.72. The molecule has 0 amide bonds. The topological polar surface area (TPSA) is 3.24 Å². The molecule has 1 aliphatic carbocycles. The van der Waals surface area contributed by atoms with Gasteiger partial charge in [0.2, 0.25) is 0 Å². The highest BCUT2D eigenvalue weighted by Crippen LogP contribution is 2.47. The van der Waals surface area contributed by atoms with Crippen LogP contribution in [-0.2, 0) is 0 Å². The van der Waals surface area contributed by atoms with Crippen molar-refractivity contribution in [3.05, 3.63) is 47.0 Å². The van der Waals surface area contributed by atoms with Crippen molar-refractivity contribution in [2.75, 3.05) is 11.4 Å². The normalized spacial score (nSPS) is 25.3. The molecule has 0 aromatic heterocycles. The molecule has 0 saturated carbocycles. The van der Waals surface area contributed by atoms with E-state index in [1.54, 1.807) is 0 Å². The highest BCUT2D eigenvalue weighted by atomic mass is 32.2. The van der Waals surface area contributed by atoms with Gasteiger partial charge in [-0.15, -0.1) is 0 Å². The molecule has 1 nitrogen and oxygen atoms in total.